The third kappa shape index (κ3) is 5.51. The van der Waals surface area contributed by atoms with E-state index in [1.807, 2.05) is 4.90 Å². The lowest BCUT2D eigenvalue weighted by atomic mass is 9.89. The molecule has 3 atom stereocenters. The molecule has 0 unspecified atom stereocenters. The summed E-state index contributed by atoms with van der Waals surface area (Å²) in [7, 11) is 1.50. The Hall–Kier alpha value is -3.10. The molecule has 0 spiro atoms. The number of anilines is 2. The van der Waals surface area contributed by atoms with Crippen LogP contribution in [-0.2, 0) is 14.3 Å². The highest BCUT2D eigenvalue weighted by Crippen LogP contribution is 2.33. The minimum Gasteiger partial charge on any atom is -0.495 e. The van der Waals surface area contributed by atoms with E-state index >= 15 is 0 Å². The van der Waals surface area contributed by atoms with E-state index in [0.717, 1.165) is 18.5 Å². The zero-order valence-electron chi connectivity index (χ0n) is 19.0. The fourth-order valence-corrected chi connectivity index (χ4v) is 4.82. The number of hydrogen-bond donors (Lipinski definition) is 2. The van der Waals surface area contributed by atoms with Crippen molar-refractivity contribution in [2.24, 2.45) is 0 Å². The Morgan fingerprint density at radius 3 is 2.47 bits per heavy atom. The third-order valence-electron chi connectivity index (χ3n) is 6.03. The van der Waals surface area contributed by atoms with Crippen LogP contribution in [0.2, 0.25) is 5.02 Å². The van der Waals surface area contributed by atoms with E-state index in [1.54, 1.807) is 30.3 Å². The van der Waals surface area contributed by atoms with Crippen LogP contribution in [0.1, 0.15) is 25.3 Å². The predicted molar refractivity (Wildman–Crippen MR) is 130 cm³/mol. The van der Waals surface area contributed by atoms with Gasteiger partial charge in [0.15, 0.2) is 0 Å². The molecule has 9 heteroatoms. The summed E-state index contributed by atoms with van der Waals surface area (Å²) < 4.78 is 24.2. The second kappa shape index (κ2) is 10.4. The molecule has 0 saturated carbocycles. The number of rotatable bonds is 6. The molecule has 0 aromatic heterocycles. The molecular weight excluding hydrogens is 461 g/mol. The molecule has 2 N–H and O–H groups in total. The van der Waals surface area contributed by atoms with Crippen LogP contribution in [0.4, 0.5) is 15.8 Å². The fourth-order valence-electron chi connectivity index (χ4n) is 4.58. The summed E-state index contributed by atoms with van der Waals surface area (Å²) in [5.41, 5.74) is 1.96. The number of hydrogen-bond acceptors (Lipinski definition) is 5. The average Bonchev–Trinajstić information content (AvgIpc) is 2.79. The van der Waals surface area contributed by atoms with Gasteiger partial charge in [-0.25, -0.2) is 4.39 Å². The lowest BCUT2D eigenvalue weighted by Crippen LogP contribution is -2.60. The van der Waals surface area contributed by atoms with Crippen LogP contribution in [0.5, 0.6) is 5.75 Å². The molecule has 7 nitrogen and oxygen atoms in total. The van der Waals surface area contributed by atoms with E-state index < -0.39 is 0 Å². The van der Waals surface area contributed by atoms with Gasteiger partial charge in [-0.15, -0.1) is 0 Å². The number of piperidine rings is 1. The normalized spacial score (nSPS) is 21.9. The third-order valence-corrected chi connectivity index (χ3v) is 6.33. The molecule has 2 fully saturated rings. The zero-order valence-corrected chi connectivity index (χ0v) is 19.8. The van der Waals surface area contributed by atoms with Crippen molar-refractivity contribution in [2.45, 2.75) is 37.9 Å². The number of amides is 2. The van der Waals surface area contributed by atoms with Gasteiger partial charge in [0.25, 0.3) is 0 Å². The van der Waals surface area contributed by atoms with E-state index in [9.17, 15) is 14.0 Å². The molecule has 0 aliphatic carbocycles. The Morgan fingerprint density at radius 1 is 1.18 bits per heavy atom. The summed E-state index contributed by atoms with van der Waals surface area (Å²) >= 11 is 6.20. The summed E-state index contributed by atoms with van der Waals surface area (Å²) in [5.74, 6) is -0.199. The van der Waals surface area contributed by atoms with E-state index in [2.05, 4.69) is 10.6 Å². The smallest absolute Gasteiger partial charge is 0.247 e. The summed E-state index contributed by atoms with van der Waals surface area (Å²) in [6.07, 6.45) is 4.61. The van der Waals surface area contributed by atoms with Gasteiger partial charge in [-0.3, -0.25) is 9.59 Å². The van der Waals surface area contributed by atoms with Crippen molar-refractivity contribution in [1.29, 1.82) is 0 Å². The number of carbonyl (C=O) groups is 2. The first-order valence-corrected chi connectivity index (χ1v) is 11.5. The molecular formula is C25H27ClFN3O4. The van der Waals surface area contributed by atoms with Gasteiger partial charge < -0.3 is 25.0 Å². The first kappa shape index (κ1) is 24.0. The number of ether oxygens (including phenoxy) is 2. The Kier molecular flexibility index (Phi) is 7.38. The van der Waals surface area contributed by atoms with Crippen molar-refractivity contribution in [3.8, 4) is 5.75 Å². The van der Waals surface area contributed by atoms with Crippen molar-refractivity contribution < 1.29 is 23.5 Å². The Bertz CT molecular complexity index is 1080. The number of benzene rings is 2. The number of carbonyl (C=O) groups excluding carboxylic acids is 2. The number of nitrogens with one attached hydrogen (secondary N) is 2. The minimum atomic E-state index is -0.275. The van der Waals surface area contributed by atoms with Crippen molar-refractivity contribution in [3.05, 3.63) is 58.9 Å². The van der Waals surface area contributed by atoms with Gasteiger partial charge in [0.05, 0.1) is 37.4 Å². The van der Waals surface area contributed by atoms with Crippen LogP contribution in [-0.4, -0.2) is 55.2 Å². The Labute approximate surface area is 202 Å². The molecule has 4 rings (SSSR count). The molecule has 0 radical (unpaired) electrons. The van der Waals surface area contributed by atoms with Gasteiger partial charge in [-0.1, -0.05) is 11.6 Å². The Morgan fingerprint density at radius 2 is 1.85 bits per heavy atom. The largest absolute Gasteiger partial charge is 0.495 e. The minimum absolute atomic E-state index is 0.0721. The van der Waals surface area contributed by atoms with Gasteiger partial charge in [-0.2, -0.15) is 0 Å². The molecule has 2 saturated heterocycles. The predicted octanol–water partition coefficient (Wildman–Crippen LogP) is 4.33. The molecule has 2 heterocycles. The molecule has 34 heavy (non-hydrogen) atoms. The summed E-state index contributed by atoms with van der Waals surface area (Å²) in [4.78, 5) is 26.7. The number of nitrogens with zero attached hydrogens (tertiary/aromatic N) is 1. The second-order valence-corrected chi connectivity index (χ2v) is 8.91. The molecule has 2 aromatic rings. The summed E-state index contributed by atoms with van der Waals surface area (Å²) in [5, 5.41) is 6.55. The van der Waals surface area contributed by atoms with Crippen LogP contribution in [0.3, 0.4) is 0 Å². The van der Waals surface area contributed by atoms with Crippen LogP contribution >= 0.6 is 11.6 Å². The average molecular weight is 488 g/mol. The van der Waals surface area contributed by atoms with Gasteiger partial charge >= 0.3 is 0 Å². The molecule has 2 aliphatic rings. The zero-order chi connectivity index (χ0) is 24.2. The molecule has 2 bridgehead atoms. The molecule has 2 aliphatic heterocycles. The van der Waals surface area contributed by atoms with Crippen LogP contribution in [0.15, 0.2) is 42.5 Å². The number of morpholine rings is 1. The van der Waals surface area contributed by atoms with Crippen molar-refractivity contribution in [2.75, 3.05) is 31.0 Å². The fraction of sp³-hybridized carbons (Fsp3) is 0.360. The van der Waals surface area contributed by atoms with E-state index in [-0.39, 0.29) is 35.8 Å². The van der Waals surface area contributed by atoms with Crippen molar-refractivity contribution in [3.63, 3.8) is 0 Å². The highest BCUT2D eigenvalue weighted by Gasteiger charge is 2.40. The maximum absolute atomic E-state index is 13.2. The molecule has 180 valence electrons. The number of halogens is 2. The standard InChI is InChI=1S/C25H27ClFN3O4/c1-15(31)28-23-12-22(26)24(33-2)9-16(23)3-8-25(32)30-20-10-19(11-21(30)14-34-13-20)29-18-6-4-17(27)5-7-18/h3-9,12,19-21,29H,10-11,13-14H2,1-2H3,(H,28,31)/b8-3+/t19-,20-,21+. The highest BCUT2D eigenvalue weighted by atomic mass is 35.5. The number of methoxy groups -OCH3 is 1. The van der Waals surface area contributed by atoms with Crippen LogP contribution in [0.25, 0.3) is 6.08 Å². The maximum Gasteiger partial charge on any atom is 0.247 e. The van der Waals surface area contributed by atoms with E-state index in [4.69, 9.17) is 21.1 Å². The van der Waals surface area contributed by atoms with Crippen LogP contribution in [0, 0.1) is 5.82 Å². The first-order chi connectivity index (χ1) is 16.3. The summed E-state index contributed by atoms with van der Waals surface area (Å²) in [6, 6.07) is 9.58. The Balaban J connectivity index is 1.49. The SMILES string of the molecule is COc1cc(/C=C/C(=O)N2[C@@H]3COC[C@H]2C[C@@H](Nc2ccc(F)cc2)C3)c(NC(C)=O)cc1Cl. The molecule has 2 amide bonds. The summed E-state index contributed by atoms with van der Waals surface area (Å²) in [6.45, 7) is 2.33. The van der Waals surface area contributed by atoms with Crippen LogP contribution < -0.4 is 15.4 Å². The van der Waals surface area contributed by atoms with Crippen molar-refractivity contribution >= 4 is 40.9 Å². The van der Waals surface area contributed by atoms with E-state index in [1.165, 1.54) is 32.2 Å². The van der Waals surface area contributed by atoms with Gasteiger partial charge in [-0.05, 0) is 55.3 Å². The van der Waals surface area contributed by atoms with Crippen molar-refractivity contribution in [1.82, 2.24) is 4.90 Å². The molecule has 2 aromatic carbocycles. The highest BCUT2D eigenvalue weighted by molar-refractivity contribution is 6.32. The maximum atomic E-state index is 13.2. The topological polar surface area (TPSA) is 79.9 Å². The number of fused-ring (bicyclic) bond motifs is 2. The lowest BCUT2D eigenvalue weighted by molar-refractivity contribution is -0.145. The quantitative estimate of drug-likeness (QED) is 0.593. The van der Waals surface area contributed by atoms with Gasteiger partial charge in [0.1, 0.15) is 11.6 Å². The van der Waals surface area contributed by atoms with E-state index in [0.29, 0.717) is 35.2 Å². The first-order valence-electron chi connectivity index (χ1n) is 11.1. The van der Waals surface area contributed by atoms with Gasteiger partial charge in [0.2, 0.25) is 11.8 Å². The second-order valence-electron chi connectivity index (χ2n) is 8.50. The van der Waals surface area contributed by atoms with Gasteiger partial charge in [0, 0.05) is 36.0 Å². The lowest BCUT2D eigenvalue weighted by Gasteiger charge is -2.48. The monoisotopic (exact) mass is 487 g/mol.